The Bertz CT molecular complexity index is 1090. The van der Waals surface area contributed by atoms with Crippen molar-refractivity contribution < 1.29 is 9.53 Å². The van der Waals surface area contributed by atoms with Crippen molar-refractivity contribution in [1.29, 1.82) is 0 Å². The van der Waals surface area contributed by atoms with E-state index in [9.17, 15) is 4.79 Å². The Morgan fingerprint density at radius 2 is 1.89 bits per heavy atom. The molecule has 1 aliphatic rings. The maximum Gasteiger partial charge on any atom is 0.251 e. The third kappa shape index (κ3) is 7.90. The second kappa shape index (κ2) is 14.1. The fraction of sp³-hybridized carbons (Fsp3) is 0.467. The lowest BCUT2D eigenvalue weighted by atomic mass is 9.91. The number of carbonyl (C=O) groups excluding carboxylic acids is 1. The molecule has 1 saturated heterocycles. The van der Waals surface area contributed by atoms with Gasteiger partial charge in [0.05, 0.1) is 12.3 Å². The van der Waals surface area contributed by atoms with E-state index in [1.165, 1.54) is 34.2 Å². The summed E-state index contributed by atoms with van der Waals surface area (Å²) in [5.74, 6) is 7.26. The number of hydrazine groups is 1. The number of amides is 1. The molecule has 1 atom stereocenters. The number of nitrogens with one attached hydrogen (secondary N) is 1. The van der Waals surface area contributed by atoms with Crippen LogP contribution in [0.5, 0.6) is 5.75 Å². The molecule has 0 spiro atoms. The maximum absolute atomic E-state index is 12.6. The quantitative estimate of drug-likeness (QED) is 0.127. The van der Waals surface area contributed by atoms with Gasteiger partial charge in [0.2, 0.25) is 0 Å². The number of nitrogens with two attached hydrogens (primary N) is 1. The van der Waals surface area contributed by atoms with E-state index in [0.717, 1.165) is 50.5 Å². The number of unbranched alkanes of at least 4 members (excludes halogenated alkanes) is 1. The SMILES string of the molecule is C=CN=CN(N)c1ccc(C(=O)NCC2CN(C(C)c3ccc(OCCCCN(C)C)c(C)c3C)C2)cc1. The van der Waals surface area contributed by atoms with E-state index in [1.807, 2.05) is 0 Å². The van der Waals surface area contributed by atoms with Gasteiger partial charge in [0.1, 0.15) is 12.1 Å². The van der Waals surface area contributed by atoms with Crippen LogP contribution in [-0.2, 0) is 0 Å². The first-order valence-corrected chi connectivity index (χ1v) is 13.4. The number of likely N-dealkylation sites (tertiary alicyclic amines) is 1. The van der Waals surface area contributed by atoms with Crippen molar-refractivity contribution in [3.63, 3.8) is 0 Å². The predicted molar refractivity (Wildman–Crippen MR) is 157 cm³/mol. The molecule has 8 nitrogen and oxygen atoms in total. The number of anilines is 1. The van der Waals surface area contributed by atoms with Gasteiger partial charge in [0.15, 0.2) is 0 Å². The fourth-order valence-electron chi connectivity index (χ4n) is 4.70. The van der Waals surface area contributed by atoms with Crippen LogP contribution < -0.4 is 20.9 Å². The minimum absolute atomic E-state index is 0.0739. The summed E-state index contributed by atoms with van der Waals surface area (Å²) in [5, 5.41) is 4.46. The Balaban J connectivity index is 1.44. The minimum atomic E-state index is -0.0739. The molecule has 8 heteroatoms. The van der Waals surface area contributed by atoms with Crippen LogP contribution in [-0.4, -0.2) is 68.9 Å². The molecule has 1 fully saturated rings. The molecule has 0 aromatic heterocycles. The van der Waals surface area contributed by atoms with Crippen LogP contribution >= 0.6 is 0 Å². The number of nitrogens with zero attached hydrogens (tertiary/aromatic N) is 4. The van der Waals surface area contributed by atoms with Crippen LogP contribution in [0.3, 0.4) is 0 Å². The first-order chi connectivity index (χ1) is 18.2. The minimum Gasteiger partial charge on any atom is -0.493 e. The maximum atomic E-state index is 12.6. The van der Waals surface area contributed by atoms with Crippen LogP contribution in [0, 0.1) is 19.8 Å². The third-order valence-electron chi connectivity index (χ3n) is 7.30. The number of aliphatic imine (C=N–C) groups is 1. The molecule has 2 aromatic rings. The smallest absolute Gasteiger partial charge is 0.251 e. The molecule has 3 N–H and O–H groups in total. The molecule has 38 heavy (non-hydrogen) atoms. The fourth-order valence-corrected chi connectivity index (χ4v) is 4.70. The van der Waals surface area contributed by atoms with Crippen LogP contribution in [0.25, 0.3) is 0 Å². The van der Waals surface area contributed by atoms with Crippen molar-refractivity contribution in [3.8, 4) is 5.75 Å². The van der Waals surface area contributed by atoms with E-state index in [2.05, 4.69) is 73.7 Å². The van der Waals surface area contributed by atoms with Gasteiger partial charge in [-0.3, -0.25) is 14.7 Å². The molecule has 3 rings (SSSR count). The van der Waals surface area contributed by atoms with Gasteiger partial charge in [0.25, 0.3) is 5.91 Å². The van der Waals surface area contributed by atoms with Gasteiger partial charge in [-0.1, -0.05) is 12.6 Å². The van der Waals surface area contributed by atoms with Crippen LogP contribution in [0.4, 0.5) is 5.69 Å². The standard InChI is InChI=1S/C30H44N6O2/c1-7-32-21-36(31)27-12-10-26(11-13-27)30(37)33-18-25-19-35(20-25)24(4)28-14-15-29(23(3)22(28)2)38-17-9-8-16-34(5)6/h7,10-15,21,24-25H,1,8-9,16-20,31H2,2-6H3,(H,33,37). The molecule has 1 unspecified atom stereocenters. The number of hydrogen-bond donors (Lipinski definition) is 2. The summed E-state index contributed by atoms with van der Waals surface area (Å²) in [4.78, 5) is 21.2. The molecule has 0 aliphatic carbocycles. The van der Waals surface area contributed by atoms with Gasteiger partial charge in [-0.2, -0.15) is 0 Å². The van der Waals surface area contributed by atoms with Crippen molar-refractivity contribution in [2.45, 2.75) is 39.7 Å². The lowest BCUT2D eigenvalue weighted by Crippen LogP contribution is -2.52. The van der Waals surface area contributed by atoms with Crippen molar-refractivity contribution in [3.05, 3.63) is 71.4 Å². The molecule has 0 bridgehead atoms. The molecule has 1 amide bonds. The lowest BCUT2D eigenvalue weighted by molar-refractivity contribution is 0.0569. The molecule has 0 radical (unpaired) electrons. The summed E-state index contributed by atoms with van der Waals surface area (Å²) in [6.07, 6.45) is 5.07. The summed E-state index contributed by atoms with van der Waals surface area (Å²) >= 11 is 0. The van der Waals surface area contributed by atoms with Crippen LogP contribution in [0.15, 0.2) is 54.2 Å². The second-order valence-electron chi connectivity index (χ2n) is 10.4. The van der Waals surface area contributed by atoms with Crippen molar-refractivity contribution >= 4 is 17.9 Å². The Kier molecular flexibility index (Phi) is 10.9. The predicted octanol–water partition coefficient (Wildman–Crippen LogP) is 4.30. The summed E-state index contributed by atoms with van der Waals surface area (Å²) in [6.45, 7) is 14.6. The lowest BCUT2D eigenvalue weighted by Gasteiger charge is -2.44. The van der Waals surface area contributed by atoms with E-state index >= 15 is 0 Å². The summed E-state index contributed by atoms with van der Waals surface area (Å²) in [7, 11) is 4.20. The zero-order chi connectivity index (χ0) is 27.7. The van der Waals surface area contributed by atoms with Crippen molar-refractivity contribution in [1.82, 2.24) is 15.1 Å². The second-order valence-corrected chi connectivity index (χ2v) is 10.4. The monoisotopic (exact) mass is 520 g/mol. The van der Waals surface area contributed by atoms with Gasteiger partial charge in [-0.15, -0.1) is 0 Å². The Hall–Kier alpha value is -3.20. The highest BCUT2D eigenvalue weighted by Gasteiger charge is 2.32. The van der Waals surface area contributed by atoms with Gasteiger partial charge in [-0.25, -0.2) is 10.8 Å². The van der Waals surface area contributed by atoms with E-state index in [-0.39, 0.29) is 5.91 Å². The van der Waals surface area contributed by atoms with E-state index in [0.29, 0.717) is 24.1 Å². The number of hydrogen-bond acceptors (Lipinski definition) is 6. The first-order valence-electron chi connectivity index (χ1n) is 13.4. The topological polar surface area (TPSA) is 86.4 Å². The van der Waals surface area contributed by atoms with E-state index in [4.69, 9.17) is 10.6 Å². The first kappa shape index (κ1) is 29.4. The van der Waals surface area contributed by atoms with Crippen molar-refractivity contribution in [2.75, 3.05) is 51.9 Å². The largest absolute Gasteiger partial charge is 0.493 e. The molecular formula is C30H44N6O2. The summed E-state index contributed by atoms with van der Waals surface area (Å²) in [6, 6.07) is 11.8. The molecule has 2 aromatic carbocycles. The van der Waals surface area contributed by atoms with Gasteiger partial charge < -0.3 is 15.0 Å². The number of benzene rings is 2. The Morgan fingerprint density at radius 1 is 1.18 bits per heavy atom. The van der Waals surface area contributed by atoms with Crippen molar-refractivity contribution in [2.24, 2.45) is 16.8 Å². The van der Waals surface area contributed by atoms with Gasteiger partial charge in [0, 0.05) is 43.4 Å². The number of ether oxygens (including phenoxy) is 1. The average Bonchev–Trinajstić information content (AvgIpc) is 2.88. The zero-order valence-corrected chi connectivity index (χ0v) is 23.6. The highest BCUT2D eigenvalue weighted by molar-refractivity contribution is 5.94. The zero-order valence-electron chi connectivity index (χ0n) is 23.6. The highest BCUT2D eigenvalue weighted by Crippen LogP contribution is 2.34. The molecule has 0 saturated carbocycles. The molecule has 206 valence electrons. The summed E-state index contributed by atoms with van der Waals surface area (Å²) < 4.78 is 6.09. The molecular weight excluding hydrogens is 476 g/mol. The van der Waals surface area contributed by atoms with Gasteiger partial charge >= 0.3 is 0 Å². The van der Waals surface area contributed by atoms with Crippen LogP contribution in [0.1, 0.15) is 52.9 Å². The Morgan fingerprint density at radius 3 is 2.55 bits per heavy atom. The normalized spacial score (nSPS) is 14.9. The highest BCUT2D eigenvalue weighted by atomic mass is 16.5. The van der Waals surface area contributed by atoms with Gasteiger partial charge in [-0.05, 0) is 101 Å². The average molecular weight is 521 g/mol. The molecule has 1 aliphatic heterocycles. The molecule has 1 heterocycles. The Labute approximate surface area is 228 Å². The number of rotatable bonds is 14. The number of carbonyl (C=O) groups is 1. The third-order valence-corrected chi connectivity index (χ3v) is 7.30. The van der Waals surface area contributed by atoms with E-state index in [1.54, 1.807) is 24.3 Å². The summed E-state index contributed by atoms with van der Waals surface area (Å²) in [5.41, 5.74) is 5.22. The van der Waals surface area contributed by atoms with Crippen LogP contribution in [0.2, 0.25) is 0 Å². The van der Waals surface area contributed by atoms with E-state index < -0.39 is 0 Å².